The van der Waals surface area contributed by atoms with E-state index < -0.39 is 0 Å². The highest BCUT2D eigenvalue weighted by atomic mass is 15.2. The van der Waals surface area contributed by atoms with Crippen molar-refractivity contribution < 1.29 is 0 Å². The first-order chi connectivity index (χ1) is 18.4. The molecule has 2 atom stereocenters. The lowest BCUT2D eigenvalue weighted by molar-refractivity contribution is 0.231. The molecule has 1 N–H and O–H groups in total. The maximum absolute atomic E-state index is 5.28. The highest BCUT2D eigenvalue weighted by Crippen LogP contribution is 2.38. The van der Waals surface area contributed by atoms with Gasteiger partial charge in [-0.05, 0) is 105 Å². The Labute approximate surface area is 229 Å². The summed E-state index contributed by atoms with van der Waals surface area (Å²) in [4.78, 5) is 12.3. The van der Waals surface area contributed by atoms with Crippen molar-refractivity contribution in [1.82, 2.24) is 19.8 Å². The molecule has 38 heavy (non-hydrogen) atoms. The third-order valence-corrected chi connectivity index (χ3v) is 8.92. The van der Waals surface area contributed by atoms with Gasteiger partial charge in [-0.15, -0.1) is 0 Å². The monoisotopic (exact) mass is 511 g/mol. The number of benzene rings is 1. The van der Waals surface area contributed by atoms with E-state index in [0.717, 1.165) is 72.6 Å². The summed E-state index contributed by atoms with van der Waals surface area (Å²) in [6, 6.07) is 5.22. The molecule has 0 amide bonds. The number of piperidine rings is 1. The first-order valence-corrected chi connectivity index (χ1v) is 14.6. The van der Waals surface area contributed by atoms with Gasteiger partial charge in [0.2, 0.25) is 0 Å². The number of rotatable bonds is 10. The zero-order valence-corrected chi connectivity index (χ0v) is 23.9. The van der Waals surface area contributed by atoms with Crippen molar-refractivity contribution in [3.05, 3.63) is 65.7 Å². The number of aliphatic imine (C=N–C) groups is 1. The van der Waals surface area contributed by atoms with E-state index in [1.807, 2.05) is 19.2 Å². The molecule has 0 spiro atoms. The molecule has 3 fully saturated rings. The number of aromatic nitrogens is 2. The van der Waals surface area contributed by atoms with Crippen LogP contribution >= 0.6 is 0 Å². The van der Waals surface area contributed by atoms with Gasteiger partial charge in [-0.25, -0.2) is 4.98 Å². The van der Waals surface area contributed by atoms with Crippen LogP contribution in [0.2, 0.25) is 0 Å². The SMILES string of the molecule is C=CC(/C=C(\CCC1CC1)c1nc2cc(C(=C)N3CCC4CCNC4C3)cc(CC)c2n1C)=C(/C)N=CC. The molecule has 1 saturated carbocycles. The Kier molecular flexibility index (Phi) is 8.04. The van der Waals surface area contributed by atoms with E-state index >= 15 is 0 Å². The summed E-state index contributed by atoms with van der Waals surface area (Å²) >= 11 is 0. The summed E-state index contributed by atoms with van der Waals surface area (Å²) in [6.45, 7) is 18.2. The van der Waals surface area contributed by atoms with Crippen LogP contribution < -0.4 is 5.32 Å². The summed E-state index contributed by atoms with van der Waals surface area (Å²) in [5.74, 6) is 2.74. The Bertz CT molecular complexity index is 1300. The molecule has 5 nitrogen and oxygen atoms in total. The van der Waals surface area contributed by atoms with Gasteiger partial charge in [0.05, 0.1) is 11.0 Å². The lowest BCUT2D eigenvalue weighted by Gasteiger charge is -2.37. The van der Waals surface area contributed by atoms with E-state index in [2.05, 4.69) is 72.0 Å². The Balaban J connectivity index is 1.53. The van der Waals surface area contributed by atoms with E-state index in [1.54, 1.807) is 0 Å². The standard InChI is InChI=1S/C33H45N5/c1-7-25(22(4)34-9-3)18-28(13-12-24-10-11-24)33-36-30-20-29(19-26(8-2)32(30)37(33)6)23(5)38-17-15-27-14-16-35-31(27)21-38/h7,9,18-20,24,27,31,35H,1,5,8,10-17,21H2,2-4,6H3/b25-22+,28-18+,34-9?. The van der Waals surface area contributed by atoms with Crippen molar-refractivity contribution in [3.63, 3.8) is 0 Å². The van der Waals surface area contributed by atoms with Gasteiger partial charge in [0.15, 0.2) is 0 Å². The van der Waals surface area contributed by atoms with Crippen LogP contribution in [-0.4, -0.2) is 46.3 Å². The van der Waals surface area contributed by atoms with Crippen LogP contribution in [0.3, 0.4) is 0 Å². The fourth-order valence-corrected chi connectivity index (χ4v) is 6.41. The number of allylic oxidation sites excluding steroid dienone is 5. The van der Waals surface area contributed by atoms with E-state index in [9.17, 15) is 0 Å². The second-order valence-corrected chi connectivity index (χ2v) is 11.4. The van der Waals surface area contributed by atoms with Gasteiger partial charge in [-0.1, -0.05) is 39.0 Å². The molecule has 0 bridgehead atoms. The highest BCUT2D eigenvalue weighted by Gasteiger charge is 2.33. The van der Waals surface area contributed by atoms with Gasteiger partial charge in [0.1, 0.15) is 5.82 Å². The Morgan fingerprint density at radius 1 is 1.24 bits per heavy atom. The number of nitrogens with zero attached hydrogens (tertiary/aromatic N) is 4. The number of aryl methyl sites for hydroxylation is 2. The van der Waals surface area contributed by atoms with Crippen molar-refractivity contribution >= 4 is 28.5 Å². The van der Waals surface area contributed by atoms with E-state index in [0.29, 0.717) is 6.04 Å². The number of imidazole rings is 1. The Hall–Kier alpha value is -2.92. The molecule has 2 unspecified atom stereocenters. The normalized spacial score (nSPS) is 22.7. The van der Waals surface area contributed by atoms with Crippen molar-refractivity contribution in [2.75, 3.05) is 19.6 Å². The first-order valence-electron chi connectivity index (χ1n) is 14.6. The average molecular weight is 512 g/mol. The van der Waals surface area contributed by atoms with Crippen LogP contribution in [0.25, 0.3) is 22.3 Å². The fourth-order valence-electron chi connectivity index (χ4n) is 6.41. The Morgan fingerprint density at radius 2 is 2.05 bits per heavy atom. The lowest BCUT2D eigenvalue weighted by atomic mass is 9.91. The maximum atomic E-state index is 5.28. The molecule has 2 aliphatic heterocycles. The quantitative estimate of drug-likeness (QED) is 0.278. The predicted molar refractivity (Wildman–Crippen MR) is 162 cm³/mol. The molecule has 1 aromatic heterocycles. The molecule has 202 valence electrons. The topological polar surface area (TPSA) is 45.5 Å². The minimum Gasteiger partial charge on any atom is -0.370 e. The van der Waals surface area contributed by atoms with E-state index in [4.69, 9.17) is 4.98 Å². The molecule has 2 aromatic rings. The van der Waals surface area contributed by atoms with Crippen LogP contribution in [0.1, 0.15) is 76.2 Å². The van der Waals surface area contributed by atoms with Crippen LogP contribution in [0, 0.1) is 11.8 Å². The highest BCUT2D eigenvalue weighted by molar-refractivity contribution is 5.87. The van der Waals surface area contributed by atoms with Crippen molar-refractivity contribution in [1.29, 1.82) is 0 Å². The number of nitrogens with one attached hydrogen (secondary N) is 1. The molecule has 3 aliphatic rings. The zero-order valence-electron chi connectivity index (χ0n) is 23.9. The molecule has 2 saturated heterocycles. The summed E-state index contributed by atoms with van der Waals surface area (Å²) < 4.78 is 2.31. The predicted octanol–water partition coefficient (Wildman–Crippen LogP) is 6.91. The second-order valence-electron chi connectivity index (χ2n) is 11.4. The van der Waals surface area contributed by atoms with Crippen LogP contribution in [0.4, 0.5) is 0 Å². The van der Waals surface area contributed by atoms with Crippen LogP contribution in [0.15, 0.2) is 53.7 Å². The number of hydrogen-bond acceptors (Lipinski definition) is 4. The number of fused-ring (bicyclic) bond motifs is 2. The summed E-state index contributed by atoms with van der Waals surface area (Å²) in [6.07, 6.45) is 14.5. The molecular weight excluding hydrogens is 466 g/mol. The van der Waals surface area contributed by atoms with Gasteiger partial charge in [-0.2, -0.15) is 0 Å². The van der Waals surface area contributed by atoms with E-state index in [1.165, 1.54) is 54.3 Å². The first kappa shape index (κ1) is 26.7. The third kappa shape index (κ3) is 5.44. The molecule has 5 rings (SSSR count). The molecule has 0 radical (unpaired) electrons. The maximum Gasteiger partial charge on any atom is 0.136 e. The minimum absolute atomic E-state index is 0.600. The number of hydrogen-bond donors (Lipinski definition) is 1. The summed E-state index contributed by atoms with van der Waals surface area (Å²) in [5, 5.41) is 3.71. The number of likely N-dealkylation sites (tertiary alicyclic amines) is 1. The van der Waals surface area contributed by atoms with Crippen LogP contribution in [-0.2, 0) is 13.5 Å². The lowest BCUT2D eigenvalue weighted by Crippen LogP contribution is -2.45. The molecule has 1 aliphatic carbocycles. The largest absolute Gasteiger partial charge is 0.370 e. The smallest absolute Gasteiger partial charge is 0.136 e. The molecule has 1 aromatic carbocycles. The van der Waals surface area contributed by atoms with Gasteiger partial charge in [0, 0.05) is 43.8 Å². The molecular formula is C33H45N5. The van der Waals surface area contributed by atoms with Gasteiger partial charge >= 0.3 is 0 Å². The van der Waals surface area contributed by atoms with E-state index in [-0.39, 0.29) is 0 Å². The van der Waals surface area contributed by atoms with Gasteiger partial charge in [0.25, 0.3) is 0 Å². The molecule has 5 heteroatoms. The second kappa shape index (κ2) is 11.4. The molecule has 3 heterocycles. The summed E-state index contributed by atoms with van der Waals surface area (Å²) in [5.41, 5.74) is 9.30. The van der Waals surface area contributed by atoms with Gasteiger partial charge in [-0.3, -0.25) is 4.99 Å². The van der Waals surface area contributed by atoms with Crippen molar-refractivity contribution in [3.8, 4) is 0 Å². The van der Waals surface area contributed by atoms with Crippen molar-refractivity contribution in [2.24, 2.45) is 23.9 Å². The minimum atomic E-state index is 0.600. The fraction of sp³-hybridized carbons (Fsp3) is 0.515. The van der Waals surface area contributed by atoms with Gasteiger partial charge < -0.3 is 14.8 Å². The van der Waals surface area contributed by atoms with Crippen LogP contribution in [0.5, 0.6) is 0 Å². The zero-order chi connectivity index (χ0) is 26.8. The third-order valence-electron chi connectivity index (χ3n) is 8.92. The van der Waals surface area contributed by atoms with Crippen molar-refractivity contribution in [2.45, 2.75) is 71.8 Å². The summed E-state index contributed by atoms with van der Waals surface area (Å²) in [7, 11) is 2.17. The Morgan fingerprint density at radius 3 is 2.76 bits per heavy atom. The average Bonchev–Trinajstić information content (AvgIpc) is 3.54.